The van der Waals surface area contributed by atoms with Gasteiger partial charge in [-0.3, -0.25) is 14.9 Å². The maximum atomic E-state index is 13.0. The number of hydrogen-bond acceptors (Lipinski definition) is 7. The maximum absolute atomic E-state index is 13.0. The van der Waals surface area contributed by atoms with Gasteiger partial charge in [0.25, 0.3) is 5.69 Å². The molecule has 2 aromatic rings. The lowest BCUT2D eigenvalue weighted by Gasteiger charge is -2.31. The lowest BCUT2D eigenvalue weighted by molar-refractivity contribution is -0.384. The highest BCUT2D eigenvalue weighted by atomic mass is 32.2. The van der Waals surface area contributed by atoms with Gasteiger partial charge in [-0.1, -0.05) is 26.0 Å². The van der Waals surface area contributed by atoms with Crippen molar-refractivity contribution in [2.24, 2.45) is 5.92 Å². The first-order chi connectivity index (χ1) is 16.1. The second-order valence-electron chi connectivity index (χ2n) is 8.84. The summed E-state index contributed by atoms with van der Waals surface area (Å²) in [6, 6.07) is 11.1. The van der Waals surface area contributed by atoms with Gasteiger partial charge in [-0.15, -0.1) is 0 Å². The number of piperazine rings is 1. The van der Waals surface area contributed by atoms with Gasteiger partial charge in [0.05, 0.1) is 9.82 Å². The van der Waals surface area contributed by atoms with Gasteiger partial charge in [-0.05, 0) is 42.8 Å². The molecule has 2 N–H and O–H groups in total. The van der Waals surface area contributed by atoms with Gasteiger partial charge in [0.15, 0.2) is 0 Å². The number of hydrogen-bond donors (Lipinski definition) is 2. The monoisotopic (exact) mass is 489 g/mol. The molecule has 1 aliphatic heterocycles. The van der Waals surface area contributed by atoms with Crippen LogP contribution in [0.3, 0.4) is 0 Å². The van der Waals surface area contributed by atoms with Crippen LogP contribution in [-0.2, 0) is 21.4 Å². The predicted molar refractivity (Wildman–Crippen MR) is 131 cm³/mol. The summed E-state index contributed by atoms with van der Waals surface area (Å²) < 4.78 is 27.3. The SMILES string of the molecule is CC(C)CC(=O)Nc1cccc(CNc2ccc(S(=O)(=O)N3CCN(C)CC3)cc2[N+](=O)[O-])c1. The van der Waals surface area contributed by atoms with E-state index in [2.05, 4.69) is 10.6 Å². The van der Waals surface area contributed by atoms with Crippen LogP contribution in [0.4, 0.5) is 17.1 Å². The highest BCUT2D eigenvalue weighted by Crippen LogP contribution is 2.30. The van der Waals surface area contributed by atoms with Crippen molar-refractivity contribution in [2.45, 2.75) is 31.7 Å². The van der Waals surface area contributed by atoms with Crippen molar-refractivity contribution < 1.29 is 18.1 Å². The zero-order valence-electron chi connectivity index (χ0n) is 19.7. The summed E-state index contributed by atoms with van der Waals surface area (Å²) in [5, 5.41) is 17.6. The van der Waals surface area contributed by atoms with Crippen LogP contribution in [0.2, 0.25) is 0 Å². The van der Waals surface area contributed by atoms with Crippen molar-refractivity contribution in [2.75, 3.05) is 43.9 Å². The molecule has 1 amide bonds. The largest absolute Gasteiger partial charge is 0.375 e. The van der Waals surface area contributed by atoms with Crippen molar-refractivity contribution in [3.63, 3.8) is 0 Å². The summed E-state index contributed by atoms with van der Waals surface area (Å²) in [7, 11) is -1.90. The molecule has 0 atom stereocenters. The first-order valence-electron chi connectivity index (χ1n) is 11.2. The fourth-order valence-corrected chi connectivity index (χ4v) is 5.13. The Morgan fingerprint density at radius 2 is 1.82 bits per heavy atom. The lowest BCUT2D eigenvalue weighted by atomic mass is 10.1. The highest BCUT2D eigenvalue weighted by molar-refractivity contribution is 7.89. The fraction of sp³-hybridized carbons (Fsp3) is 0.435. The number of carbonyl (C=O) groups excluding carboxylic acids is 1. The van der Waals surface area contributed by atoms with E-state index in [1.807, 2.05) is 31.9 Å². The number of sulfonamides is 1. The van der Waals surface area contributed by atoms with E-state index in [1.54, 1.807) is 18.2 Å². The minimum atomic E-state index is -3.82. The highest BCUT2D eigenvalue weighted by Gasteiger charge is 2.29. The molecule has 2 aromatic carbocycles. The van der Waals surface area contributed by atoms with Crippen molar-refractivity contribution in [3.05, 3.63) is 58.1 Å². The Balaban J connectivity index is 1.74. The number of anilines is 2. The molecule has 1 heterocycles. The molecule has 0 unspecified atom stereocenters. The third-order valence-electron chi connectivity index (χ3n) is 5.55. The Kier molecular flexibility index (Phi) is 8.24. The van der Waals surface area contributed by atoms with Gasteiger partial charge in [0.2, 0.25) is 15.9 Å². The molecular formula is C23H31N5O5S. The van der Waals surface area contributed by atoms with Crippen LogP contribution in [0.5, 0.6) is 0 Å². The molecule has 0 aliphatic carbocycles. The van der Waals surface area contributed by atoms with E-state index in [9.17, 15) is 23.3 Å². The molecule has 1 saturated heterocycles. The summed E-state index contributed by atoms with van der Waals surface area (Å²) >= 11 is 0. The molecule has 0 saturated carbocycles. The van der Waals surface area contributed by atoms with Gasteiger partial charge >= 0.3 is 0 Å². The normalized spacial score (nSPS) is 15.3. The number of carbonyl (C=O) groups is 1. The number of rotatable bonds is 9. The smallest absolute Gasteiger partial charge is 0.293 e. The summed E-state index contributed by atoms with van der Waals surface area (Å²) in [6.07, 6.45) is 0.415. The van der Waals surface area contributed by atoms with Crippen LogP contribution < -0.4 is 10.6 Å². The van der Waals surface area contributed by atoms with Crippen molar-refractivity contribution in [1.82, 2.24) is 9.21 Å². The van der Waals surface area contributed by atoms with E-state index >= 15 is 0 Å². The Morgan fingerprint density at radius 1 is 1.12 bits per heavy atom. The zero-order valence-corrected chi connectivity index (χ0v) is 20.5. The number of nitro benzene ring substituents is 1. The Labute approximate surface area is 200 Å². The number of nitrogens with one attached hydrogen (secondary N) is 2. The summed E-state index contributed by atoms with van der Waals surface area (Å²) in [5.41, 5.74) is 1.37. The van der Waals surface area contributed by atoms with Crippen molar-refractivity contribution in [3.8, 4) is 0 Å². The molecule has 184 valence electrons. The van der Waals surface area contributed by atoms with Crippen LogP contribution in [0.15, 0.2) is 47.4 Å². The van der Waals surface area contributed by atoms with Crippen LogP contribution in [0.1, 0.15) is 25.8 Å². The van der Waals surface area contributed by atoms with Gasteiger partial charge in [0.1, 0.15) is 5.69 Å². The third-order valence-corrected chi connectivity index (χ3v) is 7.45. The van der Waals surface area contributed by atoms with Gasteiger partial charge < -0.3 is 15.5 Å². The molecule has 3 rings (SSSR count). The molecule has 34 heavy (non-hydrogen) atoms. The number of nitrogens with zero attached hydrogens (tertiary/aromatic N) is 3. The summed E-state index contributed by atoms with van der Waals surface area (Å²) in [4.78, 5) is 25.1. The zero-order chi connectivity index (χ0) is 24.9. The van der Waals surface area contributed by atoms with Gasteiger partial charge in [-0.25, -0.2) is 8.42 Å². The van der Waals surface area contributed by atoms with Crippen LogP contribution in [0, 0.1) is 16.0 Å². The van der Waals surface area contributed by atoms with E-state index < -0.39 is 14.9 Å². The molecule has 10 nitrogen and oxygen atoms in total. The maximum Gasteiger partial charge on any atom is 0.293 e. The second-order valence-corrected chi connectivity index (χ2v) is 10.8. The first kappa shape index (κ1) is 25.6. The molecule has 0 bridgehead atoms. The Hall–Kier alpha value is -3.02. The molecule has 1 fully saturated rings. The van der Waals surface area contributed by atoms with E-state index in [0.717, 1.165) is 11.6 Å². The van der Waals surface area contributed by atoms with Crippen molar-refractivity contribution >= 4 is 33.0 Å². The Bertz CT molecular complexity index is 1140. The molecule has 0 radical (unpaired) electrons. The molecular weight excluding hydrogens is 458 g/mol. The summed E-state index contributed by atoms with van der Waals surface area (Å²) in [5.74, 6) is 0.168. The Morgan fingerprint density at radius 3 is 2.47 bits per heavy atom. The standard InChI is InChI=1S/C23H31N5O5S/c1-17(2)13-23(29)25-19-6-4-5-18(14-19)16-24-21-8-7-20(15-22(21)28(30)31)34(32,33)27-11-9-26(3)10-12-27/h4-8,14-15,17,24H,9-13,16H2,1-3H3,(H,25,29). The molecule has 11 heteroatoms. The lowest BCUT2D eigenvalue weighted by Crippen LogP contribution is -2.47. The van der Waals surface area contributed by atoms with Crippen LogP contribution >= 0.6 is 0 Å². The number of amides is 1. The number of benzene rings is 2. The number of nitro groups is 1. The minimum Gasteiger partial charge on any atom is -0.375 e. The first-order valence-corrected chi connectivity index (χ1v) is 12.6. The predicted octanol–water partition coefficient (Wildman–Crippen LogP) is 3.13. The van der Waals surface area contributed by atoms with E-state index in [-0.39, 0.29) is 34.6 Å². The minimum absolute atomic E-state index is 0.0760. The van der Waals surface area contributed by atoms with Gasteiger partial charge in [0, 0.05) is 50.9 Å². The average Bonchev–Trinajstić information content (AvgIpc) is 2.77. The van der Waals surface area contributed by atoms with Gasteiger partial charge in [-0.2, -0.15) is 4.31 Å². The van der Waals surface area contributed by atoms with E-state index in [1.165, 1.54) is 16.4 Å². The summed E-state index contributed by atoms with van der Waals surface area (Å²) in [6.45, 7) is 6.10. The van der Waals surface area contributed by atoms with E-state index in [0.29, 0.717) is 38.3 Å². The molecule has 1 aliphatic rings. The topological polar surface area (TPSA) is 125 Å². The number of likely N-dealkylation sites (N-methyl/N-ethyl adjacent to an activating group) is 1. The average molecular weight is 490 g/mol. The van der Waals surface area contributed by atoms with Crippen LogP contribution in [-0.4, -0.2) is 61.7 Å². The van der Waals surface area contributed by atoms with E-state index in [4.69, 9.17) is 0 Å². The molecule has 0 aromatic heterocycles. The quantitative estimate of drug-likeness (QED) is 0.409. The third kappa shape index (κ3) is 6.52. The molecule has 0 spiro atoms. The fourth-order valence-electron chi connectivity index (χ4n) is 3.69. The van der Waals surface area contributed by atoms with Crippen molar-refractivity contribution in [1.29, 1.82) is 0 Å². The van der Waals surface area contributed by atoms with Crippen LogP contribution in [0.25, 0.3) is 0 Å². The second kappa shape index (κ2) is 10.9.